The van der Waals surface area contributed by atoms with Crippen LogP contribution >= 0.6 is 0 Å². The van der Waals surface area contributed by atoms with Crippen molar-refractivity contribution < 1.29 is 0 Å². The molecule has 0 atom stereocenters. The van der Waals surface area contributed by atoms with E-state index in [2.05, 4.69) is 35.3 Å². The Morgan fingerprint density at radius 2 is 1.90 bits per heavy atom. The first kappa shape index (κ1) is 21.2. The lowest BCUT2D eigenvalue weighted by molar-refractivity contribution is 0.411. The summed E-state index contributed by atoms with van der Waals surface area (Å²) >= 11 is 0. The fourth-order valence-electron chi connectivity index (χ4n) is 4.45. The van der Waals surface area contributed by atoms with Gasteiger partial charge in [0.1, 0.15) is 11.5 Å². The molecule has 0 radical (unpaired) electrons. The van der Waals surface area contributed by atoms with Gasteiger partial charge in [-0.2, -0.15) is 5.10 Å². The van der Waals surface area contributed by atoms with Crippen molar-refractivity contribution >= 4 is 11.5 Å². The van der Waals surface area contributed by atoms with Gasteiger partial charge in [-0.1, -0.05) is 19.9 Å². The minimum atomic E-state index is 0.0474. The van der Waals surface area contributed by atoms with Gasteiger partial charge in [0.15, 0.2) is 0 Å². The van der Waals surface area contributed by atoms with E-state index in [9.17, 15) is 4.79 Å². The molecule has 0 saturated heterocycles. The summed E-state index contributed by atoms with van der Waals surface area (Å²) in [5.74, 6) is 1.45. The topological polar surface area (TPSA) is 90.8 Å². The maximum absolute atomic E-state index is 13.1. The highest BCUT2D eigenvalue weighted by Gasteiger charge is 2.23. The molecule has 3 aromatic heterocycles. The van der Waals surface area contributed by atoms with Gasteiger partial charge in [-0.15, -0.1) is 0 Å². The quantitative estimate of drug-likeness (QED) is 0.628. The van der Waals surface area contributed by atoms with Gasteiger partial charge in [0.05, 0.1) is 6.20 Å². The van der Waals surface area contributed by atoms with Gasteiger partial charge in [0.25, 0.3) is 5.56 Å². The minimum absolute atomic E-state index is 0.0474. The summed E-state index contributed by atoms with van der Waals surface area (Å²) in [5.41, 5.74) is 9.73. The molecule has 0 amide bonds. The minimum Gasteiger partial charge on any atom is -0.384 e. The largest absolute Gasteiger partial charge is 0.384 e. The Bertz CT molecular complexity index is 1070. The molecule has 0 spiro atoms. The lowest BCUT2D eigenvalue weighted by Crippen LogP contribution is -2.31. The van der Waals surface area contributed by atoms with Gasteiger partial charge in [-0.25, -0.2) is 4.98 Å². The van der Waals surface area contributed by atoms with Gasteiger partial charge >= 0.3 is 0 Å². The van der Waals surface area contributed by atoms with Crippen molar-refractivity contribution in [1.29, 1.82) is 0 Å². The van der Waals surface area contributed by atoms with Crippen molar-refractivity contribution in [2.45, 2.75) is 58.0 Å². The molecular weight excluding hydrogens is 388 g/mol. The van der Waals surface area contributed by atoms with E-state index in [-0.39, 0.29) is 5.56 Å². The molecule has 1 saturated carbocycles. The Hall–Kier alpha value is -3.09. The van der Waals surface area contributed by atoms with Gasteiger partial charge in [0, 0.05) is 49.4 Å². The molecule has 1 fully saturated rings. The fourth-order valence-corrected chi connectivity index (χ4v) is 4.45. The van der Waals surface area contributed by atoms with E-state index in [1.54, 1.807) is 4.68 Å². The smallest absolute Gasteiger partial charge is 0.273 e. The number of nitrogens with zero attached hydrogens (tertiary/aromatic N) is 4. The molecule has 4 rings (SSSR count). The Balaban J connectivity index is 1.52. The van der Waals surface area contributed by atoms with Crippen LogP contribution in [0.25, 0.3) is 11.1 Å². The van der Waals surface area contributed by atoms with E-state index in [0.717, 1.165) is 36.8 Å². The normalized spacial score (nSPS) is 19.0. The number of rotatable bonds is 6. The van der Waals surface area contributed by atoms with Crippen LogP contribution in [0.5, 0.6) is 0 Å². The second-order valence-electron chi connectivity index (χ2n) is 9.11. The van der Waals surface area contributed by atoms with Crippen LogP contribution in [0.2, 0.25) is 0 Å². The van der Waals surface area contributed by atoms with E-state index in [0.29, 0.717) is 35.9 Å². The van der Waals surface area contributed by atoms with Crippen LogP contribution in [0.1, 0.15) is 51.0 Å². The fraction of sp³-hybridized carbons (Fsp3) is 0.458. The van der Waals surface area contributed by atoms with E-state index in [1.165, 1.54) is 5.56 Å². The molecule has 3 heterocycles. The molecular formula is C24H32N6O. The SMILES string of the molecule is CC(C)Cn1cc(-c2cnn(C)c2)cc(N[C@H]2CC[C@@H](c3ccc(N)nc3)CC2)c1=O. The van der Waals surface area contributed by atoms with E-state index in [1.807, 2.05) is 48.5 Å². The van der Waals surface area contributed by atoms with Crippen LogP contribution in [0.4, 0.5) is 11.5 Å². The molecule has 1 aliphatic carbocycles. The van der Waals surface area contributed by atoms with Crippen molar-refractivity contribution in [1.82, 2.24) is 19.3 Å². The van der Waals surface area contributed by atoms with E-state index in [4.69, 9.17) is 5.73 Å². The highest BCUT2D eigenvalue weighted by atomic mass is 16.1. The number of anilines is 2. The third-order valence-electron chi connectivity index (χ3n) is 6.05. The lowest BCUT2D eigenvalue weighted by Gasteiger charge is -2.30. The van der Waals surface area contributed by atoms with Crippen LogP contribution in [-0.4, -0.2) is 25.4 Å². The van der Waals surface area contributed by atoms with Crippen molar-refractivity contribution in [2.24, 2.45) is 13.0 Å². The van der Waals surface area contributed by atoms with Crippen molar-refractivity contribution in [3.8, 4) is 11.1 Å². The first-order chi connectivity index (χ1) is 14.9. The molecule has 7 nitrogen and oxygen atoms in total. The number of hydrogen-bond donors (Lipinski definition) is 2. The summed E-state index contributed by atoms with van der Waals surface area (Å²) in [5, 5.41) is 7.85. The van der Waals surface area contributed by atoms with Crippen molar-refractivity contribution in [3.63, 3.8) is 0 Å². The van der Waals surface area contributed by atoms with Crippen LogP contribution in [0.3, 0.4) is 0 Å². The molecule has 1 aliphatic rings. The number of aromatic nitrogens is 4. The monoisotopic (exact) mass is 420 g/mol. The van der Waals surface area contributed by atoms with Crippen molar-refractivity contribution in [3.05, 3.63) is 58.9 Å². The maximum atomic E-state index is 13.1. The van der Waals surface area contributed by atoms with E-state index < -0.39 is 0 Å². The standard InChI is InChI=1S/C24H32N6O/c1-16(2)13-30-15-19(20-12-27-29(3)14-20)10-22(24(30)31)28-21-7-4-17(5-8-21)18-6-9-23(25)26-11-18/h6,9-12,14-17,21,28H,4-5,7-8,13H2,1-3H3,(H2,25,26)/t17-,21+. The number of aryl methyl sites for hydroxylation is 1. The van der Waals surface area contributed by atoms with Gasteiger partial charge in [-0.3, -0.25) is 9.48 Å². The van der Waals surface area contributed by atoms with Crippen LogP contribution in [0, 0.1) is 5.92 Å². The summed E-state index contributed by atoms with van der Waals surface area (Å²) in [6.07, 6.45) is 11.9. The molecule has 164 valence electrons. The molecule has 3 aromatic rings. The molecule has 0 aromatic carbocycles. The first-order valence-electron chi connectivity index (χ1n) is 11.1. The lowest BCUT2D eigenvalue weighted by atomic mass is 9.82. The zero-order valence-corrected chi connectivity index (χ0v) is 18.6. The molecule has 0 aliphatic heterocycles. The molecule has 0 bridgehead atoms. The molecule has 31 heavy (non-hydrogen) atoms. The Morgan fingerprint density at radius 1 is 1.13 bits per heavy atom. The average Bonchev–Trinajstić information content (AvgIpc) is 3.18. The first-order valence-corrected chi connectivity index (χ1v) is 11.1. The summed E-state index contributed by atoms with van der Waals surface area (Å²) in [4.78, 5) is 17.4. The van der Waals surface area contributed by atoms with Crippen LogP contribution in [0.15, 0.2) is 47.8 Å². The number of nitrogens with one attached hydrogen (secondary N) is 1. The average molecular weight is 421 g/mol. The highest BCUT2D eigenvalue weighted by molar-refractivity contribution is 5.65. The number of nitrogens with two attached hydrogens (primary N) is 1. The number of hydrogen-bond acceptors (Lipinski definition) is 5. The van der Waals surface area contributed by atoms with Gasteiger partial charge in [-0.05, 0) is 55.2 Å². The van der Waals surface area contributed by atoms with Crippen LogP contribution in [-0.2, 0) is 13.6 Å². The van der Waals surface area contributed by atoms with E-state index >= 15 is 0 Å². The maximum Gasteiger partial charge on any atom is 0.273 e. The third-order valence-corrected chi connectivity index (χ3v) is 6.05. The van der Waals surface area contributed by atoms with Gasteiger partial charge in [0.2, 0.25) is 0 Å². The summed E-state index contributed by atoms with van der Waals surface area (Å²) in [7, 11) is 1.90. The second-order valence-corrected chi connectivity index (χ2v) is 9.11. The predicted octanol–water partition coefficient (Wildman–Crippen LogP) is 4.02. The summed E-state index contributed by atoms with van der Waals surface area (Å²) in [6, 6.07) is 6.23. The highest BCUT2D eigenvalue weighted by Crippen LogP contribution is 2.34. The summed E-state index contributed by atoms with van der Waals surface area (Å²) < 4.78 is 3.62. The van der Waals surface area contributed by atoms with Crippen molar-refractivity contribution in [2.75, 3.05) is 11.1 Å². The summed E-state index contributed by atoms with van der Waals surface area (Å²) in [6.45, 7) is 4.95. The zero-order chi connectivity index (χ0) is 22.0. The number of nitrogen functional groups attached to an aromatic ring is 1. The molecule has 7 heteroatoms. The Morgan fingerprint density at radius 3 is 2.52 bits per heavy atom. The third kappa shape index (κ3) is 4.98. The van der Waals surface area contributed by atoms with Gasteiger partial charge < -0.3 is 15.6 Å². The molecule has 3 N–H and O–H groups in total. The Labute approximate surface area is 183 Å². The zero-order valence-electron chi connectivity index (χ0n) is 18.6. The second kappa shape index (κ2) is 8.96. The van der Waals surface area contributed by atoms with Crippen LogP contribution < -0.4 is 16.6 Å². The number of pyridine rings is 2. The molecule has 0 unspecified atom stereocenters. The predicted molar refractivity (Wildman–Crippen MR) is 125 cm³/mol. The Kier molecular flexibility index (Phi) is 6.11.